The fourth-order valence-corrected chi connectivity index (χ4v) is 3.34. The molecule has 5 heteroatoms. The summed E-state index contributed by atoms with van der Waals surface area (Å²) in [5.41, 5.74) is 6.08. The maximum Gasteiger partial charge on any atom is 0.236 e. The molecule has 0 bridgehead atoms. The smallest absolute Gasteiger partial charge is 0.236 e. The van der Waals surface area contributed by atoms with Gasteiger partial charge in [-0.3, -0.25) is 4.79 Å². The van der Waals surface area contributed by atoms with Gasteiger partial charge in [-0.15, -0.1) is 12.4 Å². The SMILES string of the molecule is CSCCC(N)C(=O)NCC(C)(C)C1CCCCC1.Cl. The van der Waals surface area contributed by atoms with Gasteiger partial charge in [0, 0.05) is 6.54 Å². The Hall–Kier alpha value is 0.0700. The summed E-state index contributed by atoms with van der Waals surface area (Å²) in [5.74, 6) is 1.70. The zero-order valence-corrected chi connectivity index (χ0v) is 14.7. The summed E-state index contributed by atoms with van der Waals surface area (Å²) in [7, 11) is 0. The first-order chi connectivity index (χ1) is 8.97. The van der Waals surface area contributed by atoms with Crippen molar-refractivity contribution in [3.63, 3.8) is 0 Å². The second kappa shape index (κ2) is 9.91. The molecule has 3 nitrogen and oxygen atoms in total. The normalized spacial score (nSPS) is 18.2. The van der Waals surface area contributed by atoms with Crippen molar-refractivity contribution in [1.82, 2.24) is 5.32 Å². The average Bonchev–Trinajstić information content (AvgIpc) is 2.43. The van der Waals surface area contributed by atoms with Crippen LogP contribution < -0.4 is 11.1 Å². The lowest BCUT2D eigenvalue weighted by atomic mass is 9.71. The van der Waals surface area contributed by atoms with E-state index in [1.54, 1.807) is 11.8 Å². The van der Waals surface area contributed by atoms with E-state index in [9.17, 15) is 4.79 Å². The molecule has 0 aromatic carbocycles. The molecular formula is C15H31ClN2OS. The first kappa shape index (κ1) is 20.1. The van der Waals surface area contributed by atoms with E-state index in [0.717, 1.165) is 24.6 Å². The maximum absolute atomic E-state index is 11.9. The molecule has 0 aromatic rings. The number of nitrogens with one attached hydrogen (secondary N) is 1. The fraction of sp³-hybridized carbons (Fsp3) is 0.933. The molecule has 20 heavy (non-hydrogen) atoms. The largest absolute Gasteiger partial charge is 0.354 e. The van der Waals surface area contributed by atoms with Gasteiger partial charge in [0.2, 0.25) is 5.91 Å². The third-order valence-electron chi connectivity index (χ3n) is 4.40. The monoisotopic (exact) mass is 322 g/mol. The molecule has 1 atom stereocenters. The Morgan fingerprint density at radius 2 is 1.95 bits per heavy atom. The van der Waals surface area contributed by atoms with Gasteiger partial charge in [0.05, 0.1) is 6.04 Å². The summed E-state index contributed by atoms with van der Waals surface area (Å²) in [5, 5.41) is 3.06. The second-order valence-corrected chi connectivity index (χ2v) is 7.41. The number of hydrogen-bond donors (Lipinski definition) is 2. The number of thioether (sulfide) groups is 1. The average molecular weight is 323 g/mol. The van der Waals surface area contributed by atoms with Crippen LogP contribution in [0, 0.1) is 11.3 Å². The van der Waals surface area contributed by atoms with Crippen LogP contribution in [-0.4, -0.2) is 30.5 Å². The van der Waals surface area contributed by atoms with Gasteiger partial charge in [-0.25, -0.2) is 0 Å². The Kier molecular flexibility index (Phi) is 9.94. The molecule has 1 saturated carbocycles. The molecule has 0 heterocycles. The molecule has 3 N–H and O–H groups in total. The van der Waals surface area contributed by atoms with E-state index < -0.39 is 0 Å². The van der Waals surface area contributed by atoms with E-state index in [-0.39, 0.29) is 29.8 Å². The van der Waals surface area contributed by atoms with Gasteiger partial charge >= 0.3 is 0 Å². The van der Waals surface area contributed by atoms with Crippen LogP contribution >= 0.6 is 24.2 Å². The van der Waals surface area contributed by atoms with E-state index in [4.69, 9.17) is 5.73 Å². The van der Waals surface area contributed by atoms with Gasteiger partial charge in [0.15, 0.2) is 0 Å². The van der Waals surface area contributed by atoms with Gasteiger partial charge < -0.3 is 11.1 Å². The van der Waals surface area contributed by atoms with Crippen molar-refractivity contribution in [3.8, 4) is 0 Å². The van der Waals surface area contributed by atoms with E-state index >= 15 is 0 Å². The predicted molar refractivity (Wildman–Crippen MR) is 91.6 cm³/mol. The summed E-state index contributed by atoms with van der Waals surface area (Å²) in [6.07, 6.45) is 9.47. The van der Waals surface area contributed by atoms with Crippen molar-refractivity contribution in [1.29, 1.82) is 0 Å². The van der Waals surface area contributed by atoms with Gasteiger partial charge in [0.25, 0.3) is 0 Å². The first-order valence-electron chi connectivity index (χ1n) is 7.49. The topological polar surface area (TPSA) is 55.1 Å². The van der Waals surface area contributed by atoms with E-state index in [1.165, 1.54) is 32.1 Å². The molecule has 1 aliphatic rings. The van der Waals surface area contributed by atoms with Crippen LogP contribution in [0.1, 0.15) is 52.4 Å². The molecule has 0 spiro atoms. The quantitative estimate of drug-likeness (QED) is 0.756. The van der Waals surface area contributed by atoms with Crippen LogP contribution in [0.3, 0.4) is 0 Å². The Morgan fingerprint density at radius 1 is 1.35 bits per heavy atom. The zero-order chi connectivity index (χ0) is 14.3. The lowest BCUT2D eigenvalue weighted by Gasteiger charge is -2.37. The number of hydrogen-bond acceptors (Lipinski definition) is 3. The molecular weight excluding hydrogens is 292 g/mol. The minimum absolute atomic E-state index is 0. The molecule has 120 valence electrons. The van der Waals surface area contributed by atoms with Crippen molar-refractivity contribution in [3.05, 3.63) is 0 Å². The molecule has 1 aliphatic carbocycles. The van der Waals surface area contributed by atoms with Crippen molar-refractivity contribution in [2.45, 2.75) is 58.4 Å². The van der Waals surface area contributed by atoms with E-state index in [2.05, 4.69) is 19.2 Å². The minimum atomic E-state index is -0.352. The van der Waals surface area contributed by atoms with Crippen LogP contribution in [0.15, 0.2) is 0 Å². The fourth-order valence-electron chi connectivity index (χ4n) is 2.85. The van der Waals surface area contributed by atoms with Crippen molar-refractivity contribution in [2.24, 2.45) is 17.1 Å². The zero-order valence-electron chi connectivity index (χ0n) is 13.1. The van der Waals surface area contributed by atoms with Crippen LogP contribution in [0.2, 0.25) is 0 Å². The number of carbonyl (C=O) groups is 1. The summed E-state index contributed by atoms with van der Waals surface area (Å²) in [4.78, 5) is 11.9. The number of rotatable bonds is 7. The first-order valence-corrected chi connectivity index (χ1v) is 8.89. The molecule has 0 radical (unpaired) electrons. The van der Waals surface area contributed by atoms with E-state index in [0.29, 0.717) is 0 Å². The predicted octanol–water partition coefficient (Wildman–Crippen LogP) is 3.21. The number of nitrogens with two attached hydrogens (primary N) is 1. The Balaban J connectivity index is 0.00000361. The van der Waals surface area contributed by atoms with Crippen molar-refractivity contribution < 1.29 is 4.79 Å². The number of amides is 1. The highest BCUT2D eigenvalue weighted by molar-refractivity contribution is 7.98. The Bertz CT molecular complexity index is 281. The summed E-state index contributed by atoms with van der Waals surface area (Å²) < 4.78 is 0. The third kappa shape index (κ3) is 6.68. The second-order valence-electron chi connectivity index (χ2n) is 6.43. The highest BCUT2D eigenvalue weighted by atomic mass is 35.5. The highest BCUT2D eigenvalue weighted by Gasteiger charge is 2.31. The molecule has 0 aromatic heterocycles. The molecule has 0 saturated heterocycles. The van der Waals surface area contributed by atoms with Gasteiger partial charge in [-0.05, 0) is 42.6 Å². The van der Waals surface area contributed by atoms with Crippen molar-refractivity contribution in [2.75, 3.05) is 18.6 Å². The molecule has 1 amide bonds. The van der Waals surface area contributed by atoms with Crippen LogP contribution in [0.5, 0.6) is 0 Å². The van der Waals surface area contributed by atoms with Crippen LogP contribution in [0.4, 0.5) is 0 Å². The van der Waals surface area contributed by atoms with Crippen LogP contribution in [-0.2, 0) is 4.79 Å². The minimum Gasteiger partial charge on any atom is -0.354 e. The van der Waals surface area contributed by atoms with Gasteiger partial charge in [-0.1, -0.05) is 33.1 Å². The molecule has 1 rings (SSSR count). The Morgan fingerprint density at radius 3 is 2.50 bits per heavy atom. The summed E-state index contributed by atoms with van der Waals surface area (Å²) in [6, 6.07) is -0.352. The molecule has 1 unspecified atom stereocenters. The maximum atomic E-state index is 11.9. The molecule has 1 fully saturated rings. The lowest BCUT2D eigenvalue weighted by Crippen LogP contribution is -2.46. The van der Waals surface area contributed by atoms with Crippen LogP contribution in [0.25, 0.3) is 0 Å². The highest BCUT2D eigenvalue weighted by Crippen LogP contribution is 2.37. The Labute approximate surface area is 134 Å². The lowest BCUT2D eigenvalue weighted by molar-refractivity contribution is -0.123. The molecule has 0 aliphatic heterocycles. The summed E-state index contributed by atoms with van der Waals surface area (Å²) >= 11 is 1.73. The van der Waals surface area contributed by atoms with Gasteiger partial charge in [-0.2, -0.15) is 11.8 Å². The van der Waals surface area contributed by atoms with Crippen molar-refractivity contribution >= 4 is 30.1 Å². The third-order valence-corrected chi connectivity index (χ3v) is 5.04. The number of halogens is 1. The van der Waals surface area contributed by atoms with Gasteiger partial charge in [0.1, 0.15) is 0 Å². The van der Waals surface area contributed by atoms with E-state index in [1.807, 2.05) is 6.26 Å². The number of carbonyl (C=O) groups excluding carboxylic acids is 1. The summed E-state index contributed by atoms with van der Waals surface area (Å²) in [6.45, 7) is 5.30. The standard InChI is InChI=1S/C15H30N2OS.ClH/c1-15(2,12-7-5-4-6-8-12)11-17-14(18)13(16)9-10-19-3;/h12-13H,4-11,16H2,1-3H3,(H,17,18);1H.